The van der Waals surface area contributed by atoms with Crippen LogP contribution in [0.5, 0.6) is 0 Å². The van der Waals surface area contributed by atoms with Crippen molar-refractivity contribution >= 4 is 23.0 Å². The lowest BCUT2D eigenvalue weighted by molar-refractivity contribution is -0.384. The average molecular weight is 293 g/mol. The molecule has 8 heteroatoms. The number of nitrogens with one attached hydrogen (secondary N) is 1. The summed E-state index contributed by atoms with van der Waals surface area (Å²) in [6, 6.07) is 1.97. The Balaban J connectivity index is 2.57. The molecule has 0 spiro atoms. The first-order valence-electron chi connectivity index (χ1n) is 5.50. The largest absolute Gasteiger partial charge is 0.382 e. The van der Waals surface area contributed by atoms with Crippen LogP contribution in [-0.2, 0) is 9.47 Å². The number of nitro benzene ring substituents is 1. The molecule has 106 valence electrons. The molecule has 1 N–H and O–H groups in total. The fourth-order valence-electron chi connectivity index (χ4n) is 1.33. The van der Waals surface area contributed by atoms with Crippen molar-refractivity contribution in [1.82, 2.24) is 0 Å². The van der Waals surface area contributed by atoms with Gasteiger partial charge in [-0.1, -0.05) is 11.6 Å². The van der Waals surface area contributed by atoms with Gasteiger partial charge >= 0.3 is 0 Å². The van der Waals surface area contributed by atoms with Crippen LogP contribution in [0.1, 0.15) is 0 Å². The van der Waals surface area contributed by atoms with Crippen LogP contribution in [0, 0.1) is 15.9 Å². The molecule has 19 heavy (non-hydrogen) atoms. The summed E-state index contributed by atoms with van der Waals surface area (Å²) in [6.07, 6.45) is 0. The van der Waals surface area contributed by atoms with Crippen LogP contribution in [0.2, 0.25) is 5.02 Å². The quantitative estimate of drug-likeness (QED) is 0.452. The molecule has 0 bridgehead atoms. The smallest absolute Gasteiger partial charge is 0.295 e. The highest BCUT2D eigenvalue weighted by atomic mass is 35.5. The fourth-order valence-corrected chi connectivity index (χ4v) is 1.49. The maximum Gasteiger partial charge on any atom is 0.295 e. The number of benzene rings is 1. The van der Waals surface area contributed by atoms with Gasteiger partial charge in [-0.25, -0.2) is 4.39 Å². The highest BCUT2D eigenvalue weighted by molar-refractivity contribution is 6.31. The topological polar surface area (TPSA) is 73.6 Å². The molecule has 0 atom stereocenters. The summed E-state index contributed by atoms with van der Waals surface area (Å²) in [7, 11) is 1.56. The molecule has 0 saturated heterocycles. The molecule has 1 rings (SSSR count). The first kappa shape index (κ1) is 15.6. The van der Waals surface area contributed by atoms with Gasteiger partial charge in [-0.2, -0.15) is 0 Å². The predicted octanol–water partition coefficient (Wildman–Crippen LogP) is 2.46. The lowest BCUT2D eigenvalue weighted by atomic mass is 10.2. The van der Waals surface area contributed by atoms with Gasteiger partial charge < -0.3 is 14.8 Å². The molecular formula is C11H14ClFN2O4. The molecule has 6 nitrogen and oxygen atoms in total. The first-order chi connectivity index (χ1) is 9.06. The summed E-state index contributed by atoms with van der Waals surface area (Å²) in [6.45, 7) is 1.59. The lowest BCUT2D eigenvalue weighted by Crippen LogP contribution is -2.13. The Kier molecular flexibility index (Phi) is 6.48. The van der Waals surface area contributed by atoms with Gasteiger partial charge in [0.05, 0.1) is 35.8 Å². The second-order valence-electron chi connectivity index (χ2n) is 3.57. The molecule has 0 aliphatic carbocycles. The van der Waals surface area contributed by atoms with E-state index in [4.69, 9.17) is 21.1 Å². The maximum absolute atomic E-state index is 13.1. The van der Waals surface area contributed by atoms with Crippen molar-refractivity contribution in [3.63, 3.8) is 0 Å². The van der Waals surface area contributed by atoms with Crippen molar-refractivity contribution in [3.8, 4) is 0 Å². The molecule has 0 amide bonds. The Morgan fingerprint density at radius 1 is 1.42 bits per heavy atom. The predicted molar refractivity (Wildman–Crippen MR) is 69.2 cm³/mol. The molecule has 0 aliphatic rings. The van der Waals surface area contributed by atoms with Crippen molar-refractivity contribution in [3.05, 3.63) is 33.1 Å². The number of anilines is 1. The van der Waals surface area contributed by atoms with Crippen molar-refractivity contribution in [2.24, 2.45) is 0 Å². The van der Waals surface area contributed by atoms with E-state index in [0.717, 1.165) is 6.07 Å². The maximum atomic E-state index is 13.1. The number of ether oxygens (including phenoxy) is 2. The van der Waals surface area contributed by atoms with E-state index >= 15 is 0 Å². The van der Waals surface area contributed by atoms with Crippen molar-refractivity contribution in [1.29, 1.82) is 0 Å². The average Bonchev–Trinajstić information content (AvgIpc) is 2.37. The van der Waals surface area contributed by atoms with Gasteiger partial charge in [-0.05, 0) is 6.07 Å². The van der Waals surface area contributed by atoms with Crippen molar-refractivity contribution < 1.29 is 18.8 Å². The second kappa shape index (κ2) is 7.88. The van der Waals surface area contributed by atoms with Crippen LogP contribution in [0.15, 0.2) is 12.1 Å². The number of methoxy groups -OCH3 is 1. The lowest BCUT2D eigenvalue weighted by Gasteiger charge is -2.08. The van der Waals surface area contributed by atoms with Crippen LogP contribution in [0.3, 0.4) is 0 Å². The van der Waals surface area contributed by atoms with E-state index < -0.39 is 10.7 Å². The van der Waals surface area contributed by atoms with E-state index in [9.17, 15) is 14.5 Å². The fraction of sp³-hybridized carbons (Fsp3) is 0.455. The third-order valence-electron chi connectivity index (χ3n) is 2.23. The third kappa shape index (κ3) is 4.98. The van der Waals surface area contributed by atoms with Crippen LogP contribution in [0.4, 0.5) is 15.8 Å². The zero-order valence-corrected chi connectivity index (χ0v) is 11.1. The summed E-state index contributed by atoms with van der Waals surface area (Å²) in [5, 5.41) is 13.4. The van der Waals surface area contributed by atoms with Gasteiger partial charge in [0.1, 0.15) is 11.5 Å². The number of rotatable bonds is 8. The summed E-state index contributed by atoms with van der Waals surface area (Å²) in [5.41, 5.74) is -0.203. The molecule has 0 heterocycles. The van der Waals surface area contributed by atoms with E-state index in [1.54, 1.807) is 7.11 Å². The van der Waals surface area contributed by atoms with Crippen LogP contribution < -0.4 is 5.32 Å². The van der Waals surface area contributed by atoms with Gasteiger partial charge in [-0.15, -0.1) is 0 Å². The molecule has 0 saturated carbocycles. The zero-order chi connectivity index (χ0) is 14.3. The van der Waals surface area contributed by atoms with Gasteiger partial charge in [0.15, 0.2) is 0 Å². The van der Waals surface area contributed by atoms with Gasteiger partial charge in [-0.3, -0.25) is 10.1 Å². The molecular weight excluding hydrogens is 279 g/mol. The van der Waals surface area contributed by atoms with Gasteiger partial charge in [0, 0.05) is 13.7 Å². The molecule has 0 aromatic heterocycles. The zero-order valence-electron chi connectivity index (χ0n) is 10.3. The summed E-state index contributed by atoms with van der Waals surface area (Å²) < 4.78 is 23.1. The minimum atomic E-state index is -0.824. The van der Waals surface area contributed by atoms with Crippen LogP contribution >= 0.6 is 11.6 Å². The first-order valence-corrected chi connectivity index (χ1v) is 5.88. The summed E-state index contributed by atoms with van der Waals surface area (Å²) in [4.78, 5) is 10.1. The van der Waals surface area contributed by atoms with Crippen LogP contribution in [0.25, 0.3) is 0 Å². The molecule has 0 unspecified atom stereocenters. The summed E-state index contributed by atoms with van der Waals surface area (Å²) >= 11 is 5.59. The molecule has 0 radical (unpaired) electrons. The Bertz CT molecular complexity index is 445. The van der Waals surface area contributed by atoms with Gasteiger partial charge in [0.25, 0.3) is 5.69 Å². The standard InChI is InChI=1S/C11H14ClFN2O4/c1-18-4-5-19-3-2-14-10-6-8(12)9(13)7-11(10)15(16)17/h6-7,14H,2-5H2,1H3. The minimum absolute atomic E-state index is 0.159. The van der Waals surface area contributed by atoms with E-state index in [1.165, 1.54) is 6.07 Å². The molecule has 0 aliphatic heterocycles. The number of hydrogen-bond donors (Lipinski definition) is 1. The van der Waals surface area contributed by atoms with E-state index in [0.29, 0.717) is 26.4 Å². The highest BCUT2D eigenvalue weighted by Gasteiger charge is 2.17. The number of nitro groups is 1. The third-order valence-corrected chi connectivity index (χ3v) is 2.52. The van der Waals surface area contributed by atoms with E-state index in [2.05, 4.69) is 5.32 Å². The van der Waals surface area contributed by atoms with Crippen molar-refractivity contribution in [2.45, 2.75) is 0 Å². The Hall–Kier alpha value is -1.44. The van der Waals surface area contributed by atoms with Crippen LogP contribution in [-0.4, -0.2) is 38.4 Å². The SMILES string of the molecule is COCCOCCNc1cc(Cl)c(F)cc1[N+](=O)[O-]. The molecule has 0 fully saturated rings. The monoisotopic (exact) mass is 292 g/mol. The Morgan fingerprint density at radius 3 is 2.79 bits per heavy atom. The Labute approximate surface area is 114 Å². The number of halogens is 2. The number of hydrogen-bond acceptors (Lipinski definition) is 5. The minimum Gasteiger partial charge on any atom is -0.382 e. The molecule has 1 aromatic carbocycles. The normalized spacial score (nSPS) is 10.5. The number of nitrogens with zero attached hydrogens (tertiary/aromatic N) is 1. The van der Waals surface area contributed by atoms with Crippen molar-refractivity contribution in [2.75, 3.05) is 38.8 Å². The molecule has 1 aromatic rings. The summed E-state index contributed by atoms with van der Waals surface area (Å²) in [5.74, 6) is -0.824. The van der Waals surface area contributed by atoms with Gasteiger partial charge in [0.2, 0.25) is 0 Å². The van der Waals surface area contributed by atoms with E-state index in [-0.39, 0.29) is 16.4 Å². The Morgan fingerprint density at radius 2 is 2.16 bits per heavy atom. The second-order valence-corrected chi connectivity index (χ2v) is 3.98. The van der Waals surface area contributed by atoms with E-state index in [1.807, 2.05) is 0 Å². The highest BCUT2D eigenvalue weighted by Crippen LogP contribution is 2.29.